The van der Waals surface area contributed by atoms with Crippen molar-refractivity contribution in [2.45, 2.75) is 25.6 Å². The maximum atomic E-state index is 13.1. The number of carbonyl (C=O) groups excluding carboxylic acids is 1. The molecule has 1 atom stereocenters. The van der Waals surface area contributed by atoms with E-state index in [1.807, 2.05) is 0 Å². The molecule has 2 N–H and O–H groups in total. The van der Waals surface area contributed by atoms with Gasteiger partial charge in [0.2, 0.25) is 5.91 Å². The van der Waals surface area contributed by atoms with Crippen LogP contribution in [0.2, 0.25) is 5.02 Å². The predicted molar refractivity (Wildman–Crippen MR) is 109 cm³/mol. The van der Waals surface area contributed by atoms with Crippen molar-refractivity contribution < 1.29 is 23.1 Å². The molecule has 0 bridgehead atoms. The molecular weight excluding hydrogens is 421 g/mol. The molecule has 158 valence electrons. The summed E-state index contributed by atoms with van der Waals surface area (Å²) < 4.78 is 40.7. The van der Waals surface area contributed by atoms with Crippen molar-refractivity contribution in [1.82, 2.24) is 4.57 Å². The number of carbonyl (C=O) groups is 1. The van der Waals surface area contributed by atoms with E-state index in [0.717, 1.165) is 12.1 Å². The lowest BCUT2D eigenvalue weighted by molar-refractivity contribution is -0.137. The van der Waals surface area contributed by atoms with Crippen molar-refractivity contribution in [3.63, 3.8) is 0 Å². The molecule has 1 unspecified atom stereocenters. The standard InChI is InChI=1S/C21H18ClF3N2O3/c1-12(13-5-6-17(22)16(11-13)21(23,24)25)19(29)26-18-4-2-3-15-14(18)7-8-27(9-10-28)20(15)30/h2-8,11-12,28H,9-10H2,1H3,(H,26,29). The van der Waals surface area contributed by atoms with Crippen LogP contribution in [0.15, 0.2) is 53.5 Å². The van der Waals surface area contributed by atoms with Gasteiger partial charge in [-0.3, -0.25) is 9.59 Å². The topological polar surface area (TPSA) is 71.3 Å². The van der Waals surface area contributed by atoms with E-state index in [4.69, 9.17) is 16.7 Å². The molecule has 1 amide bonds. The number of hydrogen-bond donors (Lipinski definition) is 2. The second-order valence-corrected chi connectivity index (χ2v) is 7.16. The quantitative estimate of drug-likeness (QED) is 0.620. The van der Waals surface area contributed by atoms with Gasteiger partial charge in [0.05, 0.1) is 23.1 Å². The predicted octanol–water partition coefficient (Wildman–Crippen LogP) is 4.41. The summed E-state index contributed by atoms with van der Waals surface area (Å²) in [5.74, 6) is -1.43. The summed E-state index contributed by atoms with van der Waals surface area (Å²) in [7, 11) is 0. The molecule has 0 fully saturated rings. The molecule has 0 radical (unpaired) electrons. The number of fused-ring (bicyclic) bond motifs is 1. The highest BCUT2D eigenvalue weighted by Crippen LogP contribution is 2.36. The van der Waals surface area contributed by atoms with E-state index in [1.54, 1.807) is 24.3 Å². The summed E-state index contributed by atoms with van der Waals surface area (Å²) in [5.41, 5.74) is -0.800. The summed E-state index contributed by atoms with van der Waals surface area (Å²) >= 11 is 5.64. The first-order valence-corrected chi connectivity index (χ1v) is 9.42. The zero-order chi connectivity index (χ0) is 22.1. The Kier molecular flexibility index (Phi) is 6.19. The normalized spacial score (nSPS) is 12.7. The largest absolute Gasteiger partial charge is 0.417 e. The third-order valence-corrected chi connectivity index (χ3v) is 5.14. The monoisotopic (exact) mass is 438 g/mol. The Morgan fingerprint density at radius 2 is 1.93 bits per heavy atom. The Morgan fingerprint density at radius 1 is 1.20 bits per heavy atom. The van der Waals surface area contributed by atoms with Crippen molar-refractivity contribution in [2.24, 2.45) is 0 Å². The van der Waals surface area contributed by atoms with Gasteiger partial charge in [-0.25, -0.2) is 0 Å². The zero-order valence-electron chi connectivity index (χ0n) is 15.8. The molecule has 1 heterocycles. The summed E-state index contributed by atoms with van der Waals surface area (Å²) in [5, 5.41) is 12.1. The minimum atomic E-state index is -4.63. The smallest absolute Gasteiger partial charge is 0.395 e. The maximum absolute atomic E-state index is 13.1. The fourth-order valence-corrected chi connectivity index (χ4v) is 3.36. The van der Waals surface area contributed by atoms with Gasteiger partial charge < -0.3 is 15.0 Å². The molecule has 2 aromatic carbocycles. The van der Waals surface area contributed by atoms with Crippen LogP contribution >= 0.6 is 11.6 Å². The van der Waals surface area contributed by atoms with Crippen LogP contribution in [-0.4, -0.2) is 22.2 Å². The molecule has 0 aliphatic rings. The van der Waals surface area contributed by atoms with Crippen LogP contribution in [0.3, 0.4) is 0 Å². The number of aliphatic hydroxyl groups excluding tert-OH is 1. The molecule has 0 aliphatic heterocycles. The number of rotatable bonds is 5. The molecule has 1 aromatic heterocycles. The van der Waals surface area contributed by atoms with Crippen molar-refractivity contribution in [3.8, 4) is 0 Å². The van der Waals surface area contributed by atoms with Gasteiger partial charge in [-0.2, -0.15) is 13.2 Å². The van der Waals surface area contributed by atoms with Gasteiger partial charge in [0.25, 0.3) is 5.56 Å². The van der Waals surface area contributed by atoms with Crippen molar-refractivity contribution >= 4 is 34.0 Å². The minimum absolute atomic E-state index is 0.139. The lowest BCUT2D eigenvalue weighted by atomic mass is 9.97. The average molecular weight is 439 g/mol. The third-order valence-electron chi connectivity index (χ3n) is 4.81. The van der Waals surface area contributed by atoms with E-state index in [-0.39, 0.29) is 24.3 Å². The van der Waals surface area contributed by atoms with Crippen LogP contribution in [0, 0.1) is 0 Å². The van der Waals surface area contributed by atoms with Crippen LogP contribution in [0.1, 0.15) is 24.0 Å². The number of nitrogens with one attached hydrogen (secondary N) is 1. The lowest BCUT2D eigenvalue weighted by Gasteiger charge is -2.17. The van der Waals surface area contributed by atoms with E-state index in [9.17, 15) is 22.8 Å². The molecule has 3 aromatic rings. The maximum Gasteiger partial charge on any atom is 0.417 e. The molecule has 5 nitrogen and oxygen atoms in total. The van der Waals surface area contributed by atoms with Gasteiger partial charge in [0, 0.05) is 29.2 Å². The van der Waals surface area contributed by atoms with E-state index in [2.05, 4.69) is 5.32 Å². The van der Waals surface area contributed by atoms with E-state index in [1.165, 1.54) is 23.8 Å². The molecule has 9 heteroatoms. The summed E-state index contributed by atoms with van der Waals surface area (Å²) in [6.07, 6.45) is -3.12. The van der Waals surface area contributed by atoms with Gasteiger partial charge in [-0.1, -0.05) is 23.7 Å². The summed E-state index contributed by atoms with van der Waals surface area (Å²) in [6.45, 7) is 1.43. The second-order valence-electron chi connectivity index (χ2n) is 6.75. The van der Waals surface area contributed by atoms with Crippen LogP contribution in [0.5, 0.6) is 0 Å². The summed E-state index contributed by atoms with van der Waals surface area (Å²) in [6, 6.07) is 9.78. The van der Waals surface area contributed by atoms with E-state index < -0.39 is 28.6 Å². The van der Waals surface area contributed by atoms with Crippen LogP contribution in [0.25, 0.3) is 10.8 Å². The Labute approximate surface area is 174 Å². The third kappa shape index (κ3) is 4.34. The first-order valence-electron chi connectivity index (χ1n) is 9.04. The van der Waals surface area contributed by atoms with E-state index >= 15 is 0 Å². The molecule has 0 saturated carbocycles. The van der Waals surface area contributed by atoms with Crippen LogP contribution in [0.4, 0.5) is 18.9 Å². The zero-order valence-corrected chi connectivity index (χ0v) is 16.6. The fraction of sp³-hybridized carbons (Fsp3) is 0.238. The first-order chi connectivity index (χ1) is 14.1. The van der Waals surface area contributed by atoms with Gasteiger partial charge in [-0.15, -0.1) is 0 Å². The Balaban J connectivity index is 1.92. The molecule has 30 heavy (non-hydrogen) atoms. The number of nitrogens with zero attached hydrogens (tertiary/aromatic N) is 1. The van der Waals surface area contributed by atoms with Gasteiger partial charge in [0.1, 0.15) is 0 Å². The number of pyridine rings is 1. The highest BCUT2D eigenvalue weighted by molar-refractivity contribution is 6.31. The molecule has 0 aliphatic carbocycles. The minimum Gasteiger partial charge on any atom is -0.395 e. The number of halogens is 4. The summed E-state index contributed by atoms with van der Waals surface area (Å²) in [4.78, 5) is 25.2. The number of hydrogen-bond acceptors (Lipinski definition) is 3. The molecule has 3 rings (SSSR count). The highest BCUT2D eigenvalue weighted by atomic mass is 35.5. The second kappa shape index (κ2) is 8.49. The van der Waals surface area contributed by atoms with Crippen LogP contribution in [-0.2, 0) is 17.5 Å². The number of anilines is 1. The SMILES string of the molecule is CC(C(=O)Nc1cccc2c(=O)n(CCO)ccc12)c1ccc(Cl)c(C(F)(F)F)c1. The first kappa shape index (κ1) is 21.9. The van der Waals surface area contributed by atoms with Crippen molar-refractivity contribution in [3.05, 3.63) is 75.2 Å². The fourth-order valence-electron chi connectivity index (χ4n) is 3.13. The Morgan fingerprint density at radius 3 is 2.60 bits per heavy atom. The molecular formula is C21H18ClF3N2O3. The molecule has 0 spiro atoms. The van der Waals surface area contributed by atoms with Gasteiger partial charge in [-0.05, 0) is 42.8 Å². The number of aliphatic hydroxyl groups is 1. The van der Waals surface area contributed by atoms with Crippen molar-refractivity contribution in [2.75, 3.05) is 11.9 Å². The molecule has 0 saturated heterocycles. The Bertz CT molecular complexity index is 1160. The van der Waals surface area contributed by atoms with Crippen molar-refractivity contribution in [1.29, 1.82) is 0 Å². The number of amides is 1. The average Bonchev–Trinajstić information content (AvgIpc) is 2.69. The number of benzene rings is 2. The van der Waals surface area contributed by atoms with E-state index in [0.29, 0.717) is 16.5 Å². The van der Waals surface area contributed by atoms with Gasteiger partial charge >= 0.3 is 6.18 Å². The number of alkyl halides is 3. The highest BCUT2D eigenvalue weighted by Gasteiger charge is 2.34. The lowest BCUT2D eigenvalue weighted by Crippen LogP contribution is -2.22. The number of aromatic nitrogens is 1. The Hall–Kier alpha value is -2.84. The van der Waals surface area contributed by atoms with Gasteiger partial charge in [0.15, 0.2) is 0 Å². The van der Waals surface area contributed by atoms with Crippen LogP contribution < -0.4 is 10.9 Å².